The molecule has 5 heteroatoms. The van der Waals surface area contributed by atoms with Crippen molar-refractivity contribution in [2.45, 2.75) is 45.8 Å². The lowest BCUT2D eigenvalue weighted by molar-refractivity contribution is -0.158. The lowest BCUT2D eigenvalue weighted by Gasteiger charge is -2.27. The Labute approximate surface area is 112 Å². The van der Waals surface area contributed by atoms with Gasteiger partial charge in [-0.2, -0.15) is 0 Å². The number of hydrogen-bond donors (Lipinski definition) is 1. The molecule has 1 N–H and O–H groups in total. The number of carbonyl (C=O) groups is 1. The summed E-state index contributed by atoms with van der Waals surface area (Å²) in [5, 5.41) is 0. The van der Waals surface area contributed by atoms with E-state index in [0.717, 1.165) is 0 Å². The van der Waals surface area contributed by atoms with E-state index in [9.17, 15) is 9.18 Å². The predicted molar refractivity (Wildman–Crippen MR) is 70.1 cm³/mol. The molecule has 0 aliphatic rings. The first kappa shape index (κ1) is 15.4. The lowest BCUT2D eigenvalue weighted by Crippen LogP contribution is -2.48. The number of hydrogen-bond acceptors (Lipinski definition) is 3. The van der Waals surface area contributed by atoms with Crippen molar-refractivity contribution in [2.75, 3.05) is 0 Å². The summed E-state index contributed by atoms with van der Waals surface area (Å²) in [6, 6.07) is 5.48. The zero-order chi connectivity index (χ0) is 14.7. The number of carbonyl (C=O) groups excluding carboxylic acids is 1. The minimum Gasteiger partial charge on any atom is -0.478 e. The van der Waals surface area contributed by atoms with Crippen LogP contribution in [0.4, 0.5) is 4.39 Å². The van der Waals surface area contributed by atoms with E-state index in [2.05, 4.69) is 5.48 Å². The van der Waals surface area contributed by atoms with Crippen molar-refractivity contribution in [3.63, 3.8) is 0 Å². The van der Waals surface area contributed by atoms with Gasteiger partial charge < -0.3 is 4.74 Å². The highest BCUT2D eigenvalue weighted by molar-refractivity contribution is 5.83. The van der Waals surface area contributed by atoms with E-state index in [1.54, 1.807) is 13.8 Å². The molecule has 1 rings (SSSR count). The van der Waals surface area contributed by atoms with Crippen LogP contribution in [0, 0.1) is 5.82 Å². The van der Waals surface area contributed by atoms with Crippen LogP contribution < -0.4 is 10.2 Å². The summed E-state index contributed by atoms with van der Waals surface area (Å²) in [5.74, 6) is -0.352. The highest BCUT2D eigenvalue weighted by Gasteiger charge is 2.31. The van der Waals surface area contributed by atoms with Gasteiger partial charge in [0.2, 0.25) is 0 Å². The van der Waals surface area contributed by atoms with Crippen LogP contribution in [0.15, 0.2) is 24.3 Å². The van der Waals surface area contributed by atoms with Crippen LogP contribution in [0.2, 0.25) is 0 Å². The second kappa shape index (κ2) is 5.57. The first-order valence-corrected chi connectivity index (χ1v) is 6.03. The number of hydroxylamine groups is 1. The minimum absolute atomic E-state index is 0.356. The smallest absolute Gasteiger partial charge is 0.287 e. The molecule has 0 saturated carbocycles. The number of amides is 1. The molecule has 1 amide bonds. The zero-order valence-electron chi connectivity index (χ0n) is 11.9. The van der Waals surface area contributed by atoms with Crippen LogP contribution >= 0.6 is 0 Å². The summed E-state index contributed by atoms with van der Waals surface area (Å²) in [7, 11) is 0. The number of benzene rings is 1. The Bertz CT molecular complexity index is 435. The molecule has 0 aliphatic carbocycles. The second-order valence-corrected chi connectivity index (χ2v) is 5.71. The molecule has 0 atom stereocenters. The molecule has 19 heavy (non-hydrogen) atoms. The molecule has 0 heterocycles. The van der Waals surface area contributed by atoms with Gasteiger partial charge in [-0.1, -0.05) is 0 Å². The number of rotatable bonds is 4. The van der Waals surface area contributed by atoms with Gasteiger partial charge in [0.05, 0.1) is 5.60 Å². The largest absolute Gasteiger partial charge is 0.478 e. The van der Waals surface area contributed by atoms with Gasteiger partial charge in [-0.15, -0.1) is 0 Å². The monoisotopic (exact) mass is 269 g/mol. The Hall–Kier alpha value is -1.62. The summed E-state index contributed by atoms with van der Waals surface area (Å²) >= 11 is 0. The molecule has 0 unspecified atom stereocenters. The Kier molecular flexibility index (Phi) is 4.52. The second-order valence-electron chi connectivity index (χ2n) is 5.71. The fourth-order valence-corrected chi connectivity index (χ4v) is 1.17. The van der Waals surface area contributed by atoms with Crippen molar-refractivity contribution in [2.24, 2.45) is 0 Å². The van der Waals surface area contributed by atoms with Crippen LogP contribution in [-0.2, 0) is 9.63 Å². The highest BCUT2D eigenvalue weighted by atomic mass is 19.1. The molecule has 0 saturated heterocycles. The molecule has 0 radical (unpaired) electrons. The zero-order valence-corrected chi connectivity index (χ0v) is 11.9. The summed E-state index contributed by atoms with van der Waals surface area (Å²) < 4.78 is 18.3. The van der Waals surface area contributed by atoms with E-state index >= 15 is 0 Å². The third-order valence-electron chi connectivity index (χ3n) is 2.18. The van der Waals surface area contributed by atoms with Gasteiger partial charge in [0.25, 0.3) is 5.91 Å². The average molecular weight is 269 g/mol. The Morgan fingerprint density at radius 3 is 2.11 bits per heavy atom. The van der Waals surface area contributed by atoms with Crippen molar-refractivity contribution in [1.82, 2.24) is 5.48 Å². The van der Waals surface area contributed by atoms with Crippen LogP contribution in [0.1, 0.15) is 34.6 Å². The van der Waals surface area contributed by atoms with Gasteiger partial charge in [0.15, 0.2) is 5.60 Å². The highest BCUT2D eigenvalue weighted by Crippen LogP contribution is 2.19. The molecule has 106 valence electrons. The van der Waals surface area contributed by atoms with Gasteiger partial charge in [0, 0.05) is 0 Å². The summed E-state index contributed by atoms with van der Waals surface area (Å²) in [6.07, 6.45) is 0. The van der Waals surface area contributed by atoms with Gasteiger partial charge in [-0.25, -0.2) is 9.87 Å². The molecule has 0 aliphatic heterocycles. The van der Waals surface area contributed by atoms with Gasteiger partial charge >= 0.3 is 0 Å². The SMILES string of the molecule is CC(C)(C)ONC(=O)C(C)(C)Oc1ccc(F)cc1. The van der Waals surface area contributed by atoms with Crippen LogP contribution in [0.3, 0.4) is 0 Å². The first-order valence-electron chi connectivity index (χ1n) is 6.03. The number of nitrogens with one attached hydrogen (secondary N) is 1. The Balaban J connectivity index is 2.64. The van der Waals surface area contributed by atoms with E-state index < -0.39 is 17.1 Å². The van der Waals surface area contributed by atoms with Crippen molar-refractivity contribution < 1.29 is 18.8 Å². The molecular weight excluding hydrogens is 249 g/mol. The molecule has 1 aromatic rings. The predicted octanol–water partition coefficient (Wildman–Crippen LogP) is 2.83. The lowest BCUT2D eigenvalue weighted by atomic mass is 10.1. The average Bonchev–Trinajstić information content (AvgIpc) is 2.27. The number of halogens is 1. The van der Waals surface area contributed by atoms with E-state index in [0.29, 0.717) is 5.75 Å². The van der Waals surface area contributed by atoms with Crippen molar-refractivity contribution >= 4 is 5.91 Å². The fraction of sp³-hybridized carbons (Fsp3) is 0.500. The normalized spacial score (nSPS) is 12.1. The van der Waals surface area contributed by atoms with Gasteiger partial charge in [-0.3, -0.25) is 9.63 Å². The van der Waals surface area contributed by atoms with Crippen molar-refractivity contribution in [3.05, 3.63) is 30.1 Å². The quantitative estimate of drug-likeness (QED) is 0.855. The van der Waals surface area contributed by atoms with E-state index in [1.807, 2.05) is 20.8 Å². The first-order chi connectivity index (χ1) is 8.60. The maximum atomic E-state index is 12.8. The minimum atomic E-state index is -1.12. The van der Waals surface area contributed by atoms with E-state index in [-0.39, 0.29) is 5.82 Å². The summed E-state index contributed by atoms with van der Waals surface area (Å²) in [5.41, 5.74) is 0.750. The molecule has 4 nitrogen and oxygen atoms in total. The third kappa shape index (κ3) is 5.26. The van der Waals surface area contributed by atoms with Crippen LogP contribution in [-0.4, -0.2) is 17.1 Å². The fourth-order valence-electron chi connectivity index (χ4n) is 1.17. The standard InChI is InChI=1S/C14H20FNO3/c1-13(2,3)19-16-12(17)14(4,5)18-11-8-6-10(15)7-9-11/h6-9H,1-5H3,(H,16,17). The van der Waals surface area contributed by atoms with Crippen LogP contribution in [0.5, 0.6) is 5.75 Å². The Morgan fingerprint density at radius 2 is 1.63 bits per heavy atom. The molecular formula is C14H20FNO3. The third-order valence-corrected chi connectivity index (χ3v) is 2.18. The number of ether oxygens (including phenoxy) is 1. The van der Waals surface area contributed by atoms with Gasteiger partial charge in [-0.05, 0) is 58.9 Å². The Morgan fingerprint density at radius 1 is 1.11 bits per heavy atom. The van der Waals surface area contributed by atoms with E-state index in [4.69, 9.17) is 9.57 Å². The van der Waals surface area contributed by atoms with Crippen molar-refractivity contribution in [1.29, 1.82) is 0 Å². The van der Waals surface area contributed by atoms with Gasteiger partial charge in [0.1, 0.15) is 11.6 Å². The molecule has 0 bridgehead atoms. The maximum absolute atomic E-state index is 12.8. The summed E-state index contributed by atoms with van der Waals surface area (Å²) in [4.78, 5) is 17.1. The topological polar surface area (TPSA) is 47.6 Å². The maximum Gasteiger partial charge on any atom is 0.287 e. The molecule has 0 aromatic heterocycles. The molecule has 0 fully saturated rings. The molecule has 1 aromatic carbocycles. The molecule has 0 spiro atoms. The summed E-state index contributed by atoms with van der Waals surface area (Å²) in [6.45, 7) is 8.68. The van der Waals surface area contributed by atoms with Crippen molar-refractivity contribution in [3.8, 4) is 5.75 Å². The van der Waals surface area contributed by atoms with Crippen LogP contribution in [0.25, 0.3) is 0 Å². The van der Waals surface area contributed by atoms with E-state index in [1.165, 1.54) is 24.3 Å².